The van der Waals surface area contributed by atoms with Gasteiger partial charge in [-0.2, -0.15) is 8.78 Å². The summed E-state index contributed by atoms with van der Waals surface area (Å²) in [5, 5.41) is 10.6. The predicted molar refractivity (Wildman–Crippen MR) is 132 cm³/mol. The number of benzene rings is 1. The summed E-state index contributed by atoms with van der Waals surface area (Å²) in [5.41, 5.74) is 6.04. The zero-order valence-electron chi connectivity index (χ0n) is 20.4. The summed E-state index contributed by atoms with van der Waals surface area (Å²) in [6.07, 6.45) is 0.625. The molecule has 4 heterocycles. The zero-order chi connectivity index (χ0) is 27.0. The van der Waals surface area contributed by atoms with Crippen LogP contribution >= 0.6 is 0 Å². The summed E-state index contributed by atoms with van der Waals surface area (Å²) < 4.78 is 37.8. The van der Waals surface area contributed by atoms with Gasteiger partial charge in [0, 0.05) is 49.8 Å². The van der Waals surface area contributed by atoms with Crippen molar-refractivity contribution in [2.45, 2.75) is 44.4 Å². The minimum atomic E-state index is -3.05. The monoisotopic (exact) mass is 527 g/mol. The molecule has 3 atom stereocenters. The van der Waals surface area contributed by atoms with E-state index >= 15 is 0 Å². The summed E-state index contributed by atoms with van der Waals surface area (Å²) in [5.74, 6) is -2.04. The minimum absolute atomic E-state index is 0.0108. The molecule has 0 saturated carbocycles. The quantitative estimate of drug-likeness (QED) is 0.461. The molecule has 0 radical (unpaired) electrons. The second-order valence-corrected chi connectivity index (χ2v) is 9.86. The molecule has 2 bridgehead atoms. The molecule has 0 spiro atoms. The van der Waals surface area contributed by atoms with Gasteiger partial charge in [0.2, 0.25) is 17.1 Å². The first kappa shape index (κ1) is 25.7. The number of aromatic nitrogens is 1. The molecule has 0 aliphatic carbocycles. The van der Waals surface area contributed by atoms with Crippen LogP contribution in [0.4, 0.5) is 8.78 Å². The third-order valence-electron chi connectivity index (χ3n) is 7.14. The molecular weight excluding hydrogens is 500 g/mol. The number of pyridine rings is 1. The van der Waals surface area contributed by atoms with Crippen LogP contribution in [0.25, 0.3) is 0 Å². The average Bonchev–Trinajstić information content (AvgIpc) is 2.85. The number of rotatable bonds is 8. The van der Waals surface area contributed by atoms with E-state index in [1.165, 1.54) is 24.3 Å². The number of likely N-dealkylation sites (tertiary alicyclic amines) is 1. The third-order valence-corrected chi connectivity index (χ3v) is 7.14. The van der Waals surface area contributed by atoms with Crippen LogP contribution in [-0.2, 0) is 17.9 Å². The lowest BCUT2D eigenvalue weighted by molar-refractivity contribution is -0.118. The van der Waals surface area contributed by atoms with E-state index in [1.54, 1.807) is 18.2 Å². The zero-order valence-corrected chi connectivity index (χ0v) is 20.4. The molecule has 38 heavy (non-hydrogen) atoms. The predicted octanol–water partition coefficient (Wildman–Crippen LogP) is 2.74. The van der Waals surface area contributed by atoms with E-state index in [0.717, 1.165) is 12.1 Å². The molecule has 1 saturated heterocycles. The SMILES string of the molecule is NC(=O)CC(c1cccc(OC(F)F)c1)c1oc(CN2CC3CC(C2)c2cccc(=O)n2C3)cc(=O)c1O. The number of piperidine rings is 1. The number of amides is 1. The van der Waals surface area contributed by atoms with Crippen LogP contribution in [0.2, 0.25) is 0 Å². The number of alkyl halides is 2. The van der Waals surface area contributed by atoms with Gasteiger partial charge in [-0.3, -0.25) is 19.3 Å². The number of carbonyl (C=O) groups excluding carboxylic acids is 1. The smallest absolute Gasteiger partial charge is 0.387 e. The third kappa shape index (κ3) is 5.33. The number of carbonyl (C=O) groups is 1. The molecule has 1 amide bonds. The van der Waals surface area contributed by atoms with E-state index in [0.29, 0.717) is 25.2 Å². The first-order chi connectivity index (χ1) is 18.2. The van der Waals surface area contributed by atoms with Gasteiger partial charge in [0.25, 0.3) is 5.56 Å². The number of nitrogens with two attached hydrogens (primary N) is 1. The fourth-order valence-corrected chi connectivity index (χ4v) is 5.68. The first-order valence-corrected chi connectivity index (χ1v) is 12.3. The molecule has 2 aliphatic rings. The average molecular weight is 528 g/mol. The first-order valence-electron chi connectivity index (χ1n) is 12.3. The fraction of sp³-hybridized carbons (Fsp3) is 0.370. The highest BCUT2D eigenvalue weighted by atomic mass is 19.3. The lowest BCUT2D eigenvalue weighted by Crippen LogP contribution is -2.46. The summed E-state index contributed by atoms with van der Waals surface area (Å²) in [6.45, 7) is -0.828. The van der Waals surface area contributed by atoms with Gasteiger partial charge in [0.1, 0.15) is 11.5 Å². The molecule has 2 aromatic heterocycles. The summed E-state index contributed by atoms with van der Waals surface area (Å²) in [6, 6.07) is 12.1. The Kier molecular flexibility index (Phi) is 7.02. The molecule has 1 aromatic carbocycles. The van der Waals surface area contributed by atoms with Crippen molar-refractivity contribution >= 4 is 5.91 Å². The maximum absolute atomic E-state index is 12.7. The Morgan fingerprint density at radius 3 is 2.68 bits per heavy atom. The van der Waals surface area contributed by atoms with Crippen molar-refractivity contribution in [2.75, 3.05) is 13.1 Å². The van der Waals surface area contributed by atoms with Crippen LogP contribution in [0.15, 0.2) is 62.5 Å². The number of hydrogen-bond acceptors (Lipinski definition) is 7. The molecule has 1 fully saturated rings. The van der Waals surface area contributed by atoms with E-state index in [1.807, 2.05) is 10.6 Å². The lowest BCUT2D eigenvalue weighted by Gasteiger charge is -2.42. The highest BCUT2D eigenvalue weighted by molar-refractivity contribution is 5.75. The maximum Gasteiger partial charge on any atom is 0.387 e. The standard InChI is InChI=1S/C27H27F2N3O6/c28-27(29)38-18-4-1-3-16(8-18)20(10-23(30)34)26-25(36)22(33)9-19(37-26)14-31-11-15-7-17(13-31)21-5-2-6-24(35)32(21)12-15/h1-6,8-9,15,17,20,27,36H,7,10-14H2,(H2,30,34). The summed E-state index contributed by atoms with van der Waals surface area (Å²) >= 11 is 0. The molecule has 9 nitrogen and oxygen atoms in total. The van der Waals surface area contributed by atoms with E-state index in [-0.39, 0.29) is 47.6 Å². The number of hydrogen-bond donors (Lipinski definition) is 2. The molecule has 2 aliphatic heterocycles. The van der Waals surface area contributed by atoms with Gasteiger partial charge in [0.05, 0.1) is 12.5 Å². The van der Waals surface area contributed by atoms with Crippen molar-refractivity contribution in [1.29, 1.82) is 0 Å². The minimum Gasteiger partial charge on any atom is -0.502 e. The Morgan fingerprint density at radius 2 is 1.92 bits per heavy atom. The van der Waals surface area contributed by atoms with Crippen molar-refractivity contribution in [2.24, 2.45) is 11.7 Å². The van der Waals surface area contributed by atoms with Gasteiger partial charge >= 0.3 is 6.61 Å². The Labute approximate surface area is 216 Å². The van der Waals surface area contributed by atoms with Crippen molar-refractivity contribution in [3.8, 4) is 11.5 Å². The Hall–Kier alpha value is -3.99. The number of ether oxygens (including phenoxy) is 1. The topological polar surface area (TPSA) is 128 Å². The second-order valence-electron chi connectivity index (χ2n) is 9.86. The highest BCUT2D eigenvalue weighted by Gasteiger charge is 2.35. The van der Waals surface area contributed by atoms with Crippen molar-refractivity contribution in [1.82, 2.24) is 9.47 Å². The van der Waals surface area contributed by atoms with Crippen LogP contribution in [-0.4, -0.2) is 40.2 Å². The molecule has 11 heteroatoms. The van der Waals surface area contributed by atoms with Gasteiger partial charge in [-0.1, -0.05) is 18.2 Å². The fourth-order valence-electron chi connectivity index (χ4n) is 5.68. The van der Waals surface area contributed by atoms with Gasteiger partial charge in [-0.05, 0) is 36.1 Å². The van der Waals surface area contributed by atoms with Gasteiger partial charge in [-0.15, -0.1) is 0 Å². The normalized spacial score (nSPS) is 19.7. The number of primary amides is 1. The summed E-state index contributed by atoms with van der Waals surface area (Å²) in [4.78, 5) is 39.1. The van der Waals surface area contributed by atoms with Gasteiger partial charge < -0.3 is 24.6 Å². The van der Waals surface area contributed by atoms with Crippen molar-refractivity contribution in [3.05, 3.63) is 91.9 Å². The van der Waals surface area contributed by atoms with Crippen LogP contribution in [0, 0.1) is 5.92 Å². The highest BCUT2D eigenvalue weighted by Crippen LogP contribution is 2.37. The molecule has 5 rings (SSSR count). The van der Waals surface area contributed by atoms with E-state index in [4.69, 9.17) is 10.2 Å². The second kappa shape index (κ2) is 10.4. The maximum atomic E-state index is 12.7. The Bertz CT molecular complexity index is 1470. The molecule has 3 unspecified atom stereocenters. The molecule has 3 N–H and O–H groups in total. The largest absolute Gasteiger partial charge is 0.502 e. The lowest BCUT2D eigenvalue weighted by atomic mass is 9.83. The van der Waals surface area contributed by atoms with E-state index in [2.05, 4.69) is 9.64 Å². The van der Waals surface area contributed by atoms with E-state index in [9.17, 15) is 28.3 Å². The molecule has 200 valence electrons. The van der Waals surface area contributed by atoms with Crippen molar-refractivity contribution < 1.29 is 27.8 Å². The summed E-state index contributed by atoms with van der Waals surface area (Å²) in [7, 11) is 0. The number of fused-ring (bicyclic) bond motifs is 4. The van der Waals surface area contributed by atoms with Crippen LogP contribution in [0.5, 0.6) is 11.5 Å². The Morgan fingerprint density at radius 1 is 1.13 bits per heavy atom. The van der Waals surface area contributed by atoms with Crippen LogP contribution in [0.1, 0.15) is 47.5 Å². The van der Waals surface area contributed by atoms with E-state index < -0.39 is 29.6 Å². The van der Waals surface area contributed by atoms with Crippen molar-refractivity contribution in [3.63, 3.8) is 0 Å². The molecule has 3 aromatic rings. The van der Waals surface area contributed by atoms with Crippen LogP contribution < -0.4 is 21.5 Å². The number of nitrogens with zero attached hydrogens (tertiary/aromatic N) is 2. The number of aromatic hydroxyl groups is 1. The Balaban J connectivity index is 1.44. The number of halogens is 2. The van der Waals surface area contributed by atoms with Gasteiger partial charge in [-0.25, -0.2) is 0 Å². The van der Waals surface area contributed by atoms with Gasteiger partial charge in [0.15, 0.2) is 5.76 Å². The van der Waals surface area contributed by atoms with Crippen LogP contribution in [0.3, 0.4) is 0 Å². The molecular formula is C27H27F2N3O6.